The van der Waals surface area contributed by atoms with Crippen LogP contribution in [-0.4, -0.2) is 7.05 Å². The Bertz CT molecular complexity index is 584. The van der Waals surface area contributed by atoms with Crippen LogP contribution in [0.5, 0.6) is 0 Å². The van der Waals surface area contributed by atoms with Gasteiger partial charge in [-0.3, -0.25) is 0 Å². The zero-order chi connectivity index (χ0) is 14.7. The molecule has 2 rings (SSSR count). The molecule has 0 heterocycles. The van der Waals surface area contributed by atoms with Crippen molar-refractivity contribution in [3.05, 3.63) is 63.1 Å². The van der Waals surface area contributed by atoms with Gasteiger partial charge in [0.1, 0.15) is 0 Å². The predicted molar refractivity (Wildman–Crippen MR) is 92.0 cm³/mol. The summed E-state index contributed by atoms with van der Waals surface area (Å²) in [6.45, 7) is 2.17. The molecule has 0 fully saturated rings. The Morgan fingerprint density at radius 1 is 1.15 bits per heavy atom. The molecule has 1 atom stereocenters. The van der Waals surface area contributed by atoms with Gasteiger partial charge in [-0.2, -0.15) is 0 Å². The second-order valence-electron chi connectivity index (χ2n) is 4.75. The minimum Gasteiger partial charge on any atom is -0.368 e. The van der Waals surface area contributed by atoms with Gasteiger partial charge in [0.2, 0.25) is 0 Å². The first kappa shape index (κ1) is 15.7. The van der Waals surface area contributed by atoms with Crippen molar-refractivity contribution in [3.8, 4) is 0 Å². The molecule has 0 bridgehead atoms. The molecule has 0 aliphatic heterocycles. The van der Waals surface area contributed by atoms with Crippen molar-refractivity contribution in [2.45, 2.75) is 18.8 Å². The largest absolute Gasteiger partial charge is 0.368 e. The summed E-state index contributed by atoms with van der Waals surface area (Å²) >= 11 is 15.4. The van der Waals surface area contributed by atoms with E-state index in [-0.39, 0.29) is 6.04 Å². The van der Waals surface area contributed by atoms with Crippen LogP contribution in [0.4, 0.5) is 5.69 Å². The van der Waals surface area contributed by atoms with Crippen molar-refractivity contribution in [3.63, 3.8) is 0 Å². The van der Waals surface area contributed by atoms with Crippen LogP contribution >= 0.6 is 39.1 Å². The summed E-state index contributed by atoms with van der Waals surface area (Å²) in [7, 11) is 2.08. The smallest absolute Gasteiger partial charge is 0.0511 e. The number of hydrogen-bond acceptors (Lipinski definition) is 1. The normalized spacial score (nSPS) is 12.2. The second kappa shape index (κ2) is 6.84. The zero-order valence-corrected chi connectivity index (χ0v) is 14.5. The lowest BCUT2D eigenvalue weighted by atomic mass is 10.1. The minimum atomic E-state index is 0.265. The van der Waals surface area contributed by atoms with E-state index < -0.39 is 0 Å². The van der Waals surface area contributed by atoms with Gasteiger partial charge < -0.3 is 4.90 Å². The van der Waals surface area contributed by atoms with Gasteiger partial charge in [-0.15, -0.1) is 11.6 Å². The maximum Gasteiger partial charge on any atom is 0.0511 e. The average Bonchev–Trinajstić information content (AvgIpc) is 2.46. The number of nitrogens with zero attached hydrogens (tertiary/aromatic N) is 1. The molecular formula is C16H16BrCl2N. The molecule has 0 N–H and O–H groups in total. The van der Waals surface area contributed by atoms with E-state index in [1.807, 2.05) is 12.1 Å². The molecule has 4 heteroatoms. The number of rotatable bonds is 4. The van der Waals surface area contributed by atoms with Gasteiger partial charge in [-0.25, -0.2) is 0 Å². The van der Waals surface area contributed by atoms with Crippen LogP contribution in [0.2, 0.25) is 5.02 Å². The standard InChI is InChI=1S/C16H16BrCl2N/c1-11(12-3-6-14(19)7-4-12)20(2)15-8-5-13(10-18)16(17)9-15/h3-9,11H,10H2,1-2H3. The van der Waals surface area contributed by atoms with Crippen LogP contribution in [0.25, 0.3) is 0 Å². The van der Waals surface area contributed by atoms with Crippen molar-refractivity contribution >= 4 is 44.8 Å². The van der Waals surface area contributed by atoms with Gasteiger partial charge in [0.25, 0.3) is 0 Å². The average molecular weight is 373 g/mol. The summed E-state index contributed by atoms with van der Waals surface area (Å²) in [4.78, 5) is 2.23. The number of alkyl halides is 1. The van der Waals surface area contributed by atoms with Crippen LogP contribution in [0.15, 0.2) is 46.9 Å². The highest BCUT2D eigenvalue weighted by Crippen LogP contribution is 2.30. The van der Waals surface area contributed by atoms with Crippen LogP contribution in [0.1, 0.15) is 24.1 Å². The second-order valence-corrected chi connectivity index (χ2v) is 6.31. The van der Waals surface area contributed by atoms with Crippen LogP contribution in [0.3, 0.4) is 0 Å². The van der Waals surface area contributed by atoms with Gasteiger partial charge in [0, 0.05) is 28.1 Å². The van der Waals surface area contributed by atoms with E-state index in [9.17, 15) is 0 Å². The molecule has 0 aliphatic carbocycles. The molecule has 0 spiro atoms. The van der Waals surface area contributed by atoms with Gasteiger partial charge in [0.15, 0.2) is 0 Å². The molecule has 0 aliphatic rings. The summed E-state index contributed by atoms with van der Waals surface area (Å²) < 4.78 is 1.04. The Hall–Kier alpha value is -0.700. The van der Waals surface area contributed by atoms with Gasteiger partial charge in [-0.1, -0.05) is 45.7 Å². The van der Waals surface area contributed by atoms with Crippen molar-refractivity contribution in [1.29, 1.82) is 0 Å². The van der Waals surface area contributed by atoms with E-state index in [2.05, 4.69) is 65.1 Å². The Kier molecular flexibility index (Phi) is 5.36. The quantitative estimate of drug-likeness (QED) is 0.591. The summed E-state index contributed by atoms with van der Waals surface area (Å²) in [5.74, 6) is 0.511. The highest BCUT2D eigenvalue weighted by Gasteiger charge is 2.13. The lowest BCUT2D eigenvalue weighted by Crippen LogP contribution is -2.21. The van der Waals surface area contributed by atoms with Crippen molar-refractivity contribution in [1.82, 2.24) is 0 Å². The van der Waals surface area contributed by atoms with Gasteiger partial charge in [0.05, 0.1) is 6.04 Å². The van der Waals surface area contributed by atoms with Crippen LogP contribution in [0, 0.1) is 0 Å². The fraction of sp³-hybridized carbons (Fsp3) is 0.250. The Balaban J connectivity index is 2.24. The summed E-state index contributed by atoms with van der Waals surface area (Å²) in [6, 6.07) is 14.5. The topological polar surface area (TPSA) is 3.24 Å². The van der Waals surface area contributed by atoms with E-state index >= 15 is 0 Å². The molecule has 20 heavy (non-hydrogen) atoms. The SMILES string of the molecule is CC(c1ccc(Cl)cc1)N(C)c1ccc(CCl)c(Br)c1. The Morgan fingerprint density at radius 2 is 1.80 bits per heavy atom. The molecule has 0 radical (unpaired) electrons. The predicted octanol–water partition coefficient (Wildman–Crippen LogP) is 6.04. The van der Waals surface area contributed by atoms with E-state index in [4.69, 9.17) is 23.2 Å². The third-order valence-corrected chi connectivity index (χ3v) is 4.80. The molecule has 1 nitrogen and oxygen atoms in total. The van der Waals surface area contributed by atoms with E-state index in [1.54, 1.807) is 0 Å². The molecular weight excluding hydrogens is 357 g/mol. The number of halogens is 3. The zero-order valence-electron chi connectivity index (χ0n) is 11.4. The molecule has 0 aromatic heterocycles. The summed E-state index contributed by atoms with van der Waals surface area (Å²) in [5.41, 5.74) is 3.48. The maximum atomic E-state index is 5.93. The summed E-state index contributed by atoms with van der Waals surface area (Å²) in [5, 5.41) is 0.762. The van der Waals surface area contributed by atoms with E-state index in [0.29, 0.717) is 5.88 Å². The fourth-order valence-electron chi connectivity index (χ4n) is 2.05. The van der Waals surface area contributed by atoms with E-state index in [1.165, 1.54) is 5.56 Å². The first-order valence-electron chi connectivity index (χ1n) is 6.35. The number of benzene rings is 2. The van der Waals surface area contributed by atoms with Crippen molar-refractivity contribution in [2.75, 3.05) is 11.9 Å². The molecule has 0 saturated heterocycles. The van der Waals surface area contributed by atoms with Crippen molar-refractivity contribution < 1.29 is 0 Å². The molecule has 2 aromatic carbocycles. The van der Waals surface area contributed by atoms with Crippen LogP contribution in [-0.2, 0) is 5.88 Å². The number of hydrogen-bond donors (Lipinski definition) is 0. The third kappa shape index (κ3) is 3.49. The lowest BCUT2D eigenvalue weighted by molar-refractivity contribution is 0.739. The maximum absolute atomic E-state index is 5.93. The minimum absolute atomic E-state index is 0.265. The molecule has 106 valence electrons. The van der Waals surface area contributed by atoms with Gasteiger partial charge >= 0.3 is 0 Å². The summed E-state index contributed by atoms with van der Waals surface area (Å²) in [6.07, 6.45) is 0. The van der Waals surface area contributed by atoms with Gasteiger partial charge in [-0.05, 0) is 42.3 Å². The molecule has 0 saturated carbocycles. The van der Waals surface area contributed by atoms with E-state index in [0.717, 1.165) is 20.7 Å². The first-order valence-corrected chi connectivity index (χ1v) is 8.06. The third-order valence-electron chi connectivity index (χ3n) is 3.52. The fourth-order valence-corrected chi connectivity index (χ4v) is 3.08. The van der Waals surface area contributed by atoms with Crippen molar-refractivity contribution in [2.24, 2.45) is 0 Å². The molecule has 2 aromatic rings. The highest BCUT2D eigenvalue weighted by atomic mass is 79.9. The Morgan fingerprint density at radius 3 is 2.35 bits per heavy atom. The molecule has 0 amide bonds. The monoisotopic (exact) mass is 371 g/mol. The number of anilines is 1. The first-order chi connectivity index (χ1) is 9.52. The van der Waals surface area contributed by atoms with Crippen LogP contribution < -0.4 is 4.90 Å². The Labute approximate surface area is 138 Å². The lowest BCUT2D eigenvalue weighted by Gasteiger charge is -2.28. The molecule has 1 unspecified atom stereocenters. The highest BCUT2D eigenvalue weighted by molar-refractivity contribution is 9.10.